The van der Waals surface area contributed by atoms with Crippen LogP contribution in [0.25, 0.3) is 11.1 Å². The maximum atomic E-state index is 13.9. The van der Waals surface area contributed by atoms with Gasteiger partial charge in [0.25, 0.3) is 0 Å². The number of benzene rings is 2. The fourth-order valence-electron chi connectivity index (χ4n) is 1.84. The Hall–Kier alpha value is -1.38. The van der Waals surface area contributed by atoms with E-state index in [0.29, 0.717) is 10.6 Å². The first kappa shape index (κ1) is 13.1. The van der Waals surface area contributed by atoms with E-state index in [4.69, 9.17) is 11.6 Å². The highest BCUT2D eigenvalue weighted by molar-refractivity contribution is 6.33. The molecular weight excluding hydrogens is 249 g/mol. The van der Waals surface area contributed by atoms with E-state index in [1.54, 1.807) is 12.1 Å². The number of halogens is 2. The van der Waals surface area contributed by atoms with Gasteiger partial charge >= 0.3 is 0 Å². The average molecular weight is 264 g/mol. The Balaban J connectivity index is 2.40. The molecule has 0 amide bonds. The summed E-state index contributed by atoms with van der Waals surface area (Å²) in [6.45, 7) is 3.66. The number of hydrogen-bond acceptors (Lipinski definition) is 1. The van der Waals surface area contributed by atoms with E-state index in [1.807, 2.05) is 31.2 Å². The average Bonchev–Trinajstić information content (AvgIpc) is 2.39. The van der Waals surface area contributed by atoms with Crippen molar-refractivity contribution in [3.63, 3.8) is 0 Å². The number of nitrogens with one attached hydrogen (secondary N) is 1. The van der Waals surface area contributed by atoms with E-state index in [-0.39, 0.29) is 5.82 Å². The van der Waals surface area contributed by atoms with Crippen LogP contribution in [0.2, 0.25) is 5.02 Å². The monoisotopic (exact) mass is 263 g/mol. The lowest BCUT2D eigenvalue weighted by Gasteiger charge is -2.09. The standard InChI is InChI=1S/C15H15ClFN/c1-2-18-10-11-7-8-15(17)13(9-11)12-5-3-4-6-14(12)16/h3-9,18H,2,10H2,1H3. The van der Waals surface area contributed by atoms with Gasteiger partial charge in [0.1, 0.15) is 5.82 Å². The fourth-order valence-corrected chi connectivity index (χ4v) is 2.08. The van der Waals surface area contributed by atoms with Crippen molar-refractivity contribution in [1.82, 2.24) is 5.32 Å². The van der Waals surface area contributed by atoms with E-state index in [0.717, 1.165) is 24.2 Å². The van der Waals surface area contributed by atoms with Crippen LogP contribution in [0.5, 0.6) is 0 Å². The Labute approximate surface area is 112 Å². The van der Waals surface area contributed by atoms with Crippen molar-refractivity contribution in [2.75, 3.05) is 6.54 Å². The molecule has 0 aliphatic rings. The van der Waals surface area contributed by atoms with Crippen LogP contribution in [0.4, 0.5) is 4.39 Å². The summed E-state index contributed by atoms with van der Waals surface area (Å²) in [5.41, 5.74) is 2.33. The predicted molar refractivity (Wildman–Crippen MR) is 74.2 cm³/mol. The van der Waals surface area contributed by atoms with E-state index < -0.39 is 0 Å². The molecule has 2 aromatic rings. The second kappa shape index (κ2) is 5.98. The Kier molecular flexibility index (Phi) is 4.34. The third-order valence-corrected chi connectivity index (χ3v) is 3.10. The molecule has 94 valence electrons. The van der Waals surface area contributed by atoms with Crippen molar-refractivity contribution in [3.8, 4) is 11.1 Å². The van der Waals surface area contributed by atoms with Gasteiger partial charge in [0, 0.05) is 22.7 Å². The summed E-state index contributed by atoms with van der Waals surface area (Å²) in [5.74, 6) is -0.247. The van der Waals surface area contributed by atoms with Gasteiger partial charge in [-0.25, -0.2) is 4.39 Å². The molecule has 0 aliphatic carbocycles. The van der Waals surface area contributed by atoms with Crippen LogP contribution in [0, 0.1) is 5.82 Å². The molecule has 18 heavy (non-hydrogen) atoms. The van der Waals surface area contributed by atoms with Crippen molar-refractivity contribution >= 4 is 11.6 Å². The fraction of sp³-hybridized carbons (Fsp3) is 0.200. The molecule has 0 saturated carbocycles. The van der Waals surface area contributed by atoms with Crippen molar-refractivity contribution in [2.24, 2.45) is 0 Å². The molecule has 0 radical (unpaired) electrons. The minimum absolute atomic E-state index is 0.247. The lowest BCUT2D eigenvalue weighted by molar-refractivity contribution is 0.629. The molecule has 0 heterocycles. The zero-order chi connectivity index (χ0) is 13.0. The van der Waals surface area contributed by atoms with E-state index in [1.165, 1.54) is 6.07 Å². The molecule has 2 rings (SSSR count). The second-order valence-electron chi connectivity index (χ2n) is 4.07. The Bertz CT molecular complexity index is 540. The summed E-state index contributed by atoms with van der Waals surface area (Å²) < 4.78 is 13.9. The SMILES string of the molecule is CCNCc1ccc(F)c(-c2ccccc2Cl)c1. The molecule has 0 atom stereocenters. The van der Waals surface area contributed by atoms with Crippen LogP contribution in [0.1, 0.15) is 12.5 Å². The van der Waals surface area contributed by atoms with Crippen LogP contribution < -0.4 is 5.32 Å². The first-order chi connectivity index (χ1) is 8.72. The summed E-state index contributed by atoms with van der Waals surface area (Å²) >= 11 is 6.11. The summed E-state index contributed by atoms with van der Waals surface area (Å²) in [5, 5.41) is 3.79. The van der Waals surface area contributed by atoms with Gasteiger partial charge in [0.15, 0.2) is 0 Å². The summed E-state index contributed by atoms with van der Waals surface area (Å²) in [7, 11) is 0. The van der Waals surface area contributed by atoms with Gasteiger partial charge in [-0.05, 0) is 30.3 Å². The summed E-state index contributed by atoms with van der Waals surface area (Å²) in [6, 6.07) is 12.4. The van der Waals surface area contributed by atoms with Crippen molar-refractivity contribution < 1.29 is 4.39 Å². The molecule has 0 fully saturated rings. The maximum Gasteiger partial charge on any atom is 0.131 e. The third kappa shape index (κ3) is 2.89. The maximum absolute atomic E-state index is 13.9. The van der Waals surface area contributed by atoms with Gasteiger partial charge in [-0.3, -0.25) is 0 Å². The number of rotatable bonds is 4. The van der Waals surface area contributed by atoms with Crippen LogP contribution in [0.15, 0.2) is 42.5 Å². The molecule has 0 unspecified atom stereocenters. The molecule has 0 saturated heterocycles. The van der Waals surface area contributed by atoms with Crippen LogP contribution in [0.3, 0.4) is 0 Å². The normalized spacial score (nSPS) is 10.6. The van der Waals surface area contributed by atoms with Gasteiger partial charge in [0.2, 0.25) is 0 Å². The first-order valence-corrected chi connectivity index (χ1v) is 6.34. The highest BCUT2D eigenvalue weighted by atomic mass is 35.5. The summed E-state index contributed by atoms with van der Waals surface area (Å²) in [4.78, 5) is 0. The Morgan fingerprint density at radius 2 is 1.89 bits per heavy atom. The van der Waals surface area contributed by atoms with Crippen molar-refractivity contribution in [2.45, 2.75) is 13.5 Å². The van der Waals surface area contributed by atoms with E-state index >= 15 is 0 Å². The predicted octanol–water partition coefficient (Wildman–Crippen LogP) is 4.26. The Morgan fingerprint density at radius 3 is 2.61 bits per heavy atom. The lowest BCUT2D eigenvalue weighted by Crippen LogP contribution is -2.11. The Morgan fingerprint density at radius 1 is 1.11 bits per heavy atom. The van der Waals surface area contributed by atoms with Gasteiger partial charge < -0.3 is 5.32 Å². The van der Waals surface area contributed by atoms with Gasteiger partial charge in [-0.15, -0.1) is 0 Å². The minimum Gasteiger partial charge on any atom is -0.313 e. The first-order valence-electron chi connectivity index (χ1n) is 5.96. The van der Waals surface area contributed by atoms with Gasteiger partial charge in [-0.2, -0.15) is 0 Å². The molecule has 0 bridgehead atoms. The highest BCUT2D eigenvalue weighted by Gasteiger charge is 2.09. The third-order valence-electron chi connectivity index (χ3n) is 2.77. The van der Waals surface area contributed by atoms with E-state index in [2.05, 4.69) is 5.32 Å². The smallest absolute Gasteiger partial charge is 0.131 e. The zero-order valence-electron chi connectivity index (χ0n) is 10.2. The van der Waals surface area contributed by atoms with E-state index in [9.17, 15) is 4.39 Å². The second-order valence-corrected chi connectivity index (χ2v) is 4.48. The largest absolute Gasteiger partial charge is 0.313 e. The van der Waals surface area contributed by atoms with Gasteiger partial charge in [-0.1, -0.05) is 42.8 Å². The van der Waals surface area contributed by atoms with Crippen molar-refractivity contribution in [3.05, 3.63) is 58.9 Å². The molecule has 1 N–H and O–H groups in total. The van der Waals surface area contributed by atoms with Crippen LogP contribution in [-0.4, -0.2) is 6.54 Å². The van der Waals surface area contributed by atoms with Gasteiger partial charge in [0.05, 0.1) is 0 Å². The molecular formula is C15H15ClFN. The minimum atomic E-state index is -0.247. The topological polar surface area (TPSA) is 12.0 Å². The highest BCUT2D eigenvalue weighted by Crippen LogP contribution is 2.30. The number of hydrogen-bond donors (Lipinski definition) is 1. The lowest BCUT2D eigenvalue weighted by atomic mass is 10.0. The summed E-state index contributed by atoms with van der Waals surface area (Å²) in [6.07, 6.45) is 0. The molecule has 3 heteroatoms. The molecule has 0 aliphatic heterocycles. The quantitative estimate of drug-likeness (QED) is 0.869. The molecule has 0 spiro atoms. The molecule has 2 aromatic carbocycles. The van der Waals surface area contributed by atoms with Crippen molar-refractivity contribution in [1.29, 1.82) is 0 Å². The zero-order valence-corrected chi connectivity index (χ0v) is 11.0. The van der Waals surface area contributed by atoms with Crippen LogP contribution >= 0.6 is 11.6 Å². The molecule has 1 nitrogen and oxygen atoms in total. The van der Waals surface area contributed by atoms with Crippen LogP contribution in [-0.2, 0) is 6.54 Å². The molecule has 0 aromatic heterocycles.